The fourth-order valence-corrected chi connectivity index (χ4v) is 7.88. The monoisotopic (exact) mass is 479 g/mol. The maximum atomic E-state index is 13.9. The number of fused-ring (bicyclic) bond motifs is 1. The van der Waals surface area contributed by atoms with E-state index in [0.717, 1.165) is 25.7 Å². The van der Waals surface area contributed by atoms with Crippen LogP contribution in [0.25, 0.3) is 0 Å². The molecule has 0 radical (unpaired) electrons. The number of para-hydroxylation sites is 2. The molecule has 5 fully saturated rings. The van der Waals surface area contributed by atoms with E-state index in [1.807, 2.05) is 0 Å². The molecule has 2 aliphatic heterocycles. The van der Waals surface area contributed by atoms with Gasteiger partial charge in [0.05, 0.1) is 16.8 Å². The summed E-state index contributed by atoms with van der Waals surface area (Å²) in [5.41, 5.74) is 0.836. The first kappa shape index (κ1) is 22.6. The molecule has 0 spiro atoms. The van der Waals surface area contributed by atoms with Gasteiger partial charge in [-0.3, -0.25) is 19.3 Å². The molecule has 1 aromatic rings. The highest BCUT2D eigenvalue weighted by Crippen LogP contribution is 2.60. The second-order valence-electron chi connectivity index (χ2n) is 11.4. The molecule has 7 rings (SSSR count). The van der Waals surface area contributed by atoms with Crippen LogP contribution in [0.2, 0.25) is 0 Å². The van der Waals surface area contributed by atoms with Crippen LogP contribution in [0.5, 0.6) is 0 Å². The minimum Gasteiger partial charge on any atom is -0.451 e. The molecular formula is C27H33N3O5. The predicted octanol–water partition coefficient (Wildman–Crippen LogP) is 3.11. The van der Waals surface area contributed by atoms with Crippen LogP contribution in [0.15, 0.2) is 24.3 Å². The number of amides is 3. The summed E-state index contributed by atoms with van der Waals surface area (Å²) in [7, 11) is 0. The molecule has 1 N–H and O–H groups in total. The molecule has 1 aromatic carbocycles. The van der Waals surface area contributed by atoms with E-state index in [4.69, 9.17) is 4.74 Å². The van der Waals surface area contributed by atoms with E-state index < -0.39 is 24.0 Å². The standard InChI is InChI=1S/C27H33N3O5/c1-16(24(32)30-15-23(31)28-20-5-2-3-6-21(20)30)35-25(33)22-7-4-8-29(22)26(34)27-12-17-9-18(13-27)11-19(10-17)14-27/h2-3,5-6,16-19,22H,4,7-15H2,1H3,(H,28,31)/t16-,17?,18?,19?,22-,27?/m0/s1. The Hall–Kier alpha value is -2.90. The number of ether oxygens (including phenoxy) is 1. The Morgan fingerprint density at radius 3 is 2.40 bits per heavy atom. The fraction of sp³-hybridized carbons (Fsp3) is 0.630. The molecule has 0 aromatic heterocycles. The van der Waals surface area contributed by atoms with E-state index in [9.17, 15) is 19.2 Å². The van der Waals surface area contributed by atoms with Crippen LogP contribution in [-0.4, -0.2) is 53.8 Å². The third-order valence-electron chi connectivity index (χ3n) is 8.96. The molecule has 8 nitrogen and oxygen atoms in total. The molecule has 1 saturated heterocycles. The molecule has 3 amide bonds. The lowest BCUT2D eigenvalue weighted by Crippen LogP contribution is -2.56. The predicted molar refractivity (Wildman–Crippen MR) is 128 cm³/mol. The van der Waals surface area contributed by atoms with Gasteiger partial charge in [0.2, 0.25) is 11.8 Å². The normalized spacial score (nSPS) is 33.8. The van der Waals surface area contributed by atoms with Crippen molar-refractivity contribution in [1.82, 2.24) is 4.90 Å². The number of likely N-dealkylation sites (tertiary alicyclic amines) is 1. The minimum absolute atomic E-state index is 0.127. The number of rotatable bonds is 4. The van der Waals surface area contributed by atoms with Crippen molar-refractivity contribution >= 4 is 35.1 Å². The van der Waals surface area contributed by atoms with Gasteiger partial charge in [-0.25, -0.2) is 4.79 Å². The van der Waals surface area contributed by atoms with Crippen molar-refractivity contribution in [1.29, 1.82) is 0 Å². The topological polar surface area (TPSA) is 96.0 Å². The number of hydrogen-bond acceptors (Lipinski definition) is 5. The van der Waals surface area contributed by atoms with Gasteiger partial charge < -0.3 is 15.0 Å². The minimum atomic E-state index is -1.06. The zero-order chi connectivity index (χ0) is 24.3. The van der Waals surface area contributed by atoms with Crippen LogP contribution in [-0.2, 0) is 23.9 Å². The second-order valence-corrected chi connectivity index (χ2v) is 11.4. The molecule has 8 heteroatoms. The number of nitrogens with zero attached hydrogens (tertiary/aromatic N) is 2. The number of esters is 1. The summed E-state index contributed by atoms with van der Waals surface area (Å²) in [5, 5.41) is 2.76. The highest BCUT2D eigenvalue weighted by molar-refractivity contribution is 6.11. The third kappa shape index (κ3) is 3.81. The van der Waals surface area contributed by atoms with Gasteiger partial charge in [-0.05, 0) is 88.2 Å². The van der Waals surface area contributed by atoms with Gasteiger partial charge in [0.15, 0.2) is 6.10 Å². The van der Waals surface area contributed by atoms with Gasteiger partial charge in [-0.1, -0.05) is 12.1 Å². The first-order chi connectivity index (χ1) is 16.8. The number of carbonyl (C=O) groups excluding carboxylic acids is 4. The molecule has 4 aliphatic carbocycles. The van der Waals surface area contributed by atoms with Gasteiger partial charge in [-0.2, -0.15) is 0 Å². The van der Waals surface area contributed by atoms with Crippen molar-refractivity contribution in [3.05, 3.63) is 24.3 Å². The van der Waals surface area contributed by atoms with Crippen molar-refractivity contribution in [2.45, 2.75) is 70.4 Å². The van der Waals surface area contributed by atoms with Crippen LogP contribution in [0.3, 0.4) is 0 Å². The highest BCUT2D eigenvalue weighted by atomic mass is 16.5. The van der Waals surface area contributed by atoms with E-state index in [1.165, 1.54) is 31.1 Å². The fourth-order valence-electron chi connectivity index (χ4n) is 7.88. The molecule has 186 valence electrons. The molecule has 4 saturated carbocycles. The Morgan fingerprint density at radius 2 is 1.71 bits per heavy atom. The molecular weight excluding hydrogens is 446 g/mol. The van der Waals surface area contributed by atoms with Gasteiger partial charge in [0.25, 0.3) is 5.91 Å². The van der Waals surface area contributed by atoms with Gasteiger partial charge in [0.1, 0.15) is 12.6 Å². The molecule has 6 aliphatic rings. The number of anilines is 2. The van der Waals surface area contributed by atoms with E-state index in [0.29, 0.717) is 42.1 Å². The summed E-state index contributed by atoms with van der Waals surface area (Å²) >= 11 is 0. The van der Waals surface area contributed by atoms with Crippen LogP contribution in [0.1, 0.15) is 58.3 Å². The summed E-state index contributed by atoms with van der Waals surface area (Å²) in [4.78, 5) is 55.5. The smallest absolute Gasteiger partial charge is 0.329 e. The van der Waals surface area contributed by atoms with Gasteiger partial charge >= 0.3 is 5.97 Å². The Kier molecular flexibility index (Phi) is 5.38. The Morgan fingerprint density at radius 1 is 1.06 bits per heavy atom. The van der Waals surface area contributed by atoms with Crippen molar-refractivity contribution in [3.8, 4) is 0 Å². The molecule has 35 heavy (non-hydrogen) atoms. The van der Waals surface area contributed by atoms with E-state index in [1.54, 1.807) is 29.2 Å². The van der Waals surface area contributed by atoms with E-state index >= 15 is 0 Å². The average molecular weight is 480 g/mol. The van der Waals surface area contributed by atoms with Crippen molar-refractivity contribution in [2.75, 3.05) is 23.3 Å². The lowest BCUT2D eigenvalue weighted by Gasteiger charge is -2.56. The summed E-state index contributed by atoms with van der Waals surface area (Å²) < 4.78 is 5.64. The Bertz CT molecular complexity index is 1050. The quantitative estimate of drug-likeness (QED) is 0.670. The summed E-state index contributed by atoms with van der Waals surface area (Å²) in [6, 6.07) is 6.42. The van der Waals surface area contributed by atoms with Crippen LogP contribution < -0.4 is 10.2 Å². The first-order valence-corrected chi connectivity index (χ1v) is 13.0. The van der Waals surface area contributed by atoms with Crippen molar-refractivity contribution < 1.29 is 23.9 Å². The Balaban J connectivity index is 1.15. The van der Waals surface area contributed by atoms with E-state index in [2.05, 4.69) is 5.32 Å². The first-order valence-electron chi connectivity index (χ1n) is 13.0. The maximum absolute atomic E-state index is 13.9. The van der Waals surface area contributed by atoms with E-state index in [-0.39, 0.29) is 23.8 Å². The molecule has 2 heterocycles. The largest absolute Gasteiger partial charge is 0.451 e. The SMILES string of the molecule is C[C@H](OC(=O)[C@@H]1CCCN1C(=O)C12CC3CC(CC(C3)C1)C2)C(=O)N1CC(=O)Nc2ccccc21. The lowest BCUT2D eigenvalue weighted by molar-refractivity contribution is -0.168. The lowest BCUT2D eigenvalue weighted by atomic mass is 9.49. The molecule has 0 unspecified atom stereocenters. The summed E-state index contributed by atoms with van der Waals surface area (Å²) in [6.07, 6.45) is 6.93. The number of benzene rings is 1. The highest BCUT2D eigenvalue weighted by Gasteiger charge is 2.57. The second kappa shape index (κ2) is 8.35. The zero-order valence-corrected chi connectivity index (χ0v) is 20.2. The van der Waals surface area contributed by atoms with Crippen molar-refractivity contribution in [3.63, 3.8) is 0 Å². The maximum Gasteiger partial charge on any atom is 0.329 e. The van der Waals surface area contributed by atoms with Gasteiger partial charge in [0, 0.05) is 6.54 Å². The summed E-state index contributed by atoms with van der Waals surface area (Å²) in [5.74, 6) is 0.838. The third-order valence-corrected chi connectivity index (χ3v) is 8.96. The zero-order valence-electron chi connectivity index (χ0n) is 20.2. The average Bonchev–Trinajstić information content (AvgIpc) is 3.31. The molecule has 2 atom stereocenters. The van der Waals surface area contributed by atoms with Crippen molar-refractivity contribution in [2.24, 2.45) is 23.2 Å². The van der Waals surface area contributed by atoms with Crippen LogP contribution >= 0.6 is 0 Å². The van der Waals surface area contributed by atoms with Gasteiger partial charge in [-0.15, -0.1) is 0 Å². The molecule has 4 bridgehead atoms. The Labute approximate surface area is 205 Å². The van der Waals surface area contributed by atoms with Crippen LogP contribution in [0.4, 0.5) is 11.4 Å². The number of carbonyl (C=O) groups is 4. The van der Waals surface area contributed by atoms with Crippen LogP contribution in [0, 0.1) is 23.2 Å². The summed E-state index contributed by atoms with van der Waals surface area (Å²) in [6.45, 7) is 1.98. The number of nitrogens with one attached hydrogen (secondary N) is 1. The number of hydrogen-bond donors (Lipinski definition) is 1.